The molecular weight excluding hydrogens is 416 g/mol. The van der Waals surface area contributed by atoms with Gasteiger partial charge in [-0.2, -0.15) is 0 Å². The number of benzene rings is 3. The average Bonchev–Trinajstić information content (AvgIpc) is 3.08. The van der Waals surface area contributed by atoms with Crippen LogP contribution < -0.4 is 14.2 Å². The monoisotopic (exact) mass is 434 g/mol. The van der Waals surface area contributed by atoms with Gasteiger partial charge in [-0.15, -0.1) is 0 Å². The molecule has 31 heavy (non-hydrogen) atoms. The van der Waals surface area contributed by atoms with E-state index in [4.69, 9.17) is 25.8 Å². The predicted octanol–water partition coefficient (Wildman–Crippen LogP) is 5.62. The zero-order chi connectivity index (χ0) is 21.8. The van der Waals surface area contributed by atoms with E-state index < -0.39 is 0 Å². The molecule has 0 unspecified atom stereocenters. The van der Waals surface area contributed by atoms with Gasteiger partial charge in [-0.3, -0.25) is 9.59 Å². The molecular formula is C25H19ClO5. The molecule has 0 saturated heterocycles. The van der Waals surface area contributed by atoms with Crippen molar-refractivity contribution in [1.29, 1.82) is 0 Å². The van der Waals surface area contributed by atoms with Crippen LogP contribution in [0.5, 0.6) is 17.2 Å². The van der Waals surface area contributed by atoms with Crippen LogP contribution in [0.15, 0.2) is 72.5 Å². The first-order valence-corrected chi connectivity index (χ1v) is 10.1. The van der Waals surface area contributed by atoms with Crippen molar-refractivity contribution in [1.82, 2.24) is 0 Å². The fourth-order valence-electron chi connectivity index (χ4n) is 3.15. The third-order valence-corrected chi connectivity index (χ3v) is 4.93. The van der Waals surface area contributed by atoms with Gasteiger partial charge < -0.3 is 14.2 Å². The van der Waals surface area contributed by atoms with Crippen molar-refractivity contribution in [2.45, 2.75) is 6.92 Å². The number of allylic oxidation sites excluding steroid dienone is 1. The summed E-state index contributed by atoms with van der Waals surface area (Å²) in [5.41, 5.74) is 1.71. The Morgan fingerprint density at radius 1 is 1.03 bits per heavy atom. The Balaban J connectivity index is 1.48. The summed E-state index contributed by atoms with van der Waals surface area (Å²) < 4.78 is 17.0. The Morgan fingerprint density at radius 3 is 2.58 bits per heavy atom. The predicted molar refractivity (Wildman–Crippen MR) is 118 cm³/mol. The Morgan fingerprint density at radius 2 is 1.81 bits per heavy atom. The molecule has 4 rings (SSSR count). The molecule has 0 aromatic heterocycles. The molecule has 0 fully saturated rings. The van der Waals surface area contributed by atoms with Gasteiger partial charge in [0.05, 0.1) is 12.2 Å². The van der Waals surface area contributed by atoms with Crippen molar-refractivity contribution in [3.8, 4) is 17.2 Å². The second-order valence-electron chi connectivity index (χ2n) is 6.79. The van der Waals surface area contributed by atoms with Gasteiger partial charge in [0.1, 0.15) is 17.2 Å². The molecule has 0 bridgehead atoms. The van der Waals surface area contributed by atoms with Crippen molar-refractivity contribution >= 4 is 29.2 Å². The van der Waals surface area contributed by atoms with E-state index in [0.29, 0.717) is 40.0 Å². The lowest BCUT2D eigenvalue weighted by molar-refractivity contribution is 0.0921. The van der Waals surface area contributed by atoms with Gasteiger partial charge in [0, 0.05) is 22.2 Å². The number of ether oxygens (including phenoxy) is 3. The van der Waals surface area contributed by atoms with Gasteiger partial charge in [-0.25, -0.2) is 0 Å². The SMILES string of the molecule is CCOc1ccccc1/C=C1\Oc2cc(OCC(=O)c3ccc(Cl)cc3)ccc2C1=O. The first-order valence-electron chi connectivity index (χ1n) is 9.77. The molecule has 6 heteroatoms. The molecule has 0 atom stereocenters. The van der Waals surface area contributed by atoms with E-state index in [1.807, 2.05) is 31.2 Å². The fourth-order valence-corrected chi connectivity index (χ4v) is 3.28. The Bertz CT molecular complexity index is 1160. The van der Waals surface area contributed by atoms with Crippen molar-refractivity contribution in [3.63, 3.8) is 0 Å². The number of rotatable bonds is 7. The van der Waals surface area contributed by atoms with Gasteiger partial charge in [0.15, 0.2) is 18.1 Å². The Kier molecular flexibility index (Phi) is 6.05. The van der Waals surface area contributed by atoms with E-state index in [2.05, 4.69) is 0 Å². The minimum Gasteiger partial charge on any atom is -0.493 e. The highest BCUT2D eigenvalue weighted by atomic mass is 35.5. The Labute approximate surface area is 184 Å². The average molecular weight is 435 g/mol. The summed E-state index contributed by atoms with van der Waals surface area (Å²) in [5.74, 6) is 1.31. The van der Waals surface area contributed by atoms with E-state index in [1.54, 1.807) is 48.5 Å². The standard InChI is InChI=1S/C25H19ClO5/c1-2-29-22-6-4-3-5-17(22)13-24-25(28)20-12-11-19(14-23(20)31-24)30-15-21(27)16-7-9-18(26)10-8-16/h3-14H,2,15H2,1H3/b24-13-. The number of carbonyl (C=O) groups excluding carboxylic acids is 2. The molecule has 3 aromatic rings. The summed E-state index contributed by atoms with van der Waals surface area (Å²) in [4.78, 5) is 25.0. The summed E-state index contributed by atoms with van der Waals surface area (Å²) in [7, 11) is 0. The molecule has 0 N–H and O–H groups in total. The molecule has 0 amide bonds. The van der Waals surface area contributed by atoms with Gasteiger partial charge in [-0.05, 0) is 55.5 Å². The van der Waals surface area contributed by atoms with Gasteiger partial charge in [0.25, 0.3) is 0 Å². The number of hydrogen-bond acceptors (Lipinski definition) is 5. The number of halogens is 1. The topological polar surface area (TPSA) is 61.8 Å². The molecule has 1 aliphatic rings. The fraction of sp³-hybridized carbons (Fsp3) is 0.120. The molecule has 0 saturated carbocycles. The van der Waals surface area contributed by atoms with Crippen LogP contribution in [0.25, 0.3) is 6.08 Å². The van der Waals surface area contributed by atoms with Crippen molar-refractivity contribution < 1.29 is 23.8 Å². The first kappa shape index (κ1) is 20.7. The number of ketones is 2. The zero-order valence-corrected chi connectivity index (χ0v) is 17.5. The maximum atomic E-state index is 12.7. The first-order chi connectivity index (χ1) is 15.0. The minimum atomic E-state index is -0.218. The summed E-state index contributed by atoms with van der Waals surface area (Å²) in [6.45, 7) is 2.28. The third-order valence-electron chi connectivity index (χ3n) is 4.68. The highest BCUT2D eigenvalue weighted by Gasteiger charge is 2.28. The van der Waals surface area contributed by atoms with Crippen molar-refractivity contribution in [2.24, 2.45) is 0 Å². The second-order valence-corrected chi connectivity index (χ2v) is 7.22. The minimum absolute atomic E-state index is 0.140. The van der Waals surface area contributed by atoms with E-state index in [9.17, 15) is 9.59 Å². The molecule has 1 heterocycles. The Hall–Kier alpha value is -3.57. The third kappa shape index (κ3) is 4.62. The normalized spacial score (nSPS) is 13.6. The highest BCUT2D eigenvalue weighted by Crippen LogP contribution is 2.35. The van der Waals surface area contributed by atoms with Crippen molar-refractivity contribution in [2.75, 3.05) is 13.2 Å². The number of hydrogen-bond donors (Lipinski definition) is 0. The molecule has 1 aliphatic heterocycles. The second kappa shape index (κ2) is 9.06. The molecule has 0 spiro atoms. The van der Waals surface area contributed by atoms with Crippen LogP contribution in [-0.4, -0.2) is 24.8 Å². The van der Waals surface area contributed by atoms with Crippen LogP contribution in [0.3, 0.4) is 0 Å². The van der Waals surface area contributed by atoms with Crippen LogP contribution in [0.2, 0.25) is 5.02 Å². The maximum Gasteiger partial charge on any atom is 0.231 e. The maximum absolute atomic E-state index is 12.7. The van der Waals surface area contributed by atoms with Crippen LogP contribution in [0, 0.1) is 0 Å². The lowest BCUT2D eigenvalue weighted by atomic mass is 10.1. The van der Waals surface area contributed by atoms with Crippen molar-refractivity contribution in [3.05, 3.63) is 94.2 Å². The van der Waals surface area contributed by atoms with Crippen LogP contribution in [0.1, 0.15) is 33.2 Å². The highest BCUT2D eigenvalue weighted by molar-refractivity contribution is 6.30. The zero-order valence-electron chi connectivity index (χ0n) is 16.8. The molecule has 0 aliphatic carbocycles. The van der Waals surface area contributed by atoms with E-state index in [-0.39, 0.29) is 23.9 Å². The largest absolute Gasteiger partial charge is 0.493 e. The number of fused-ring (bicyclic) bond motifs is 1. The molecule has 156 valence electrons. The summed E-state index contributed by atoms with van der Waals surface area (Å²) in [6.07, 6.45) is 1.66. The summed E-state index contributed by atoms with van der Waals surface area (Å²) >= 11 is 5.85. The van der Waals surface area contributed by atoms with Gasteiger partial charge in [-0.1, -0.05) is 29.8 Å². The molecule has 0 radical (unpaired) electrons. The lowest BCUT2D eigenvalue weighted by Crippen LogP contribution is -2.11. The van der Waals surface area contributed by atoms with Crippen LogP contribution >= 0.6 is 11.6 Å². The number of para-hydroxylation sites is 1. The number of carbonyl (C=O) groups is 2. The van der Waals surface area contributed by atoms with Gasteiger partial charge in [0.2, 0.25) is 5.78 Å². The smallest absolute Gasteiger partial charge is 0.231 e. The number of Topliss-reactive ketones (excluding diaryl/α,β-unsaturated/α-hetero) is 2. The lowest BCUT2D eigenvalue weighted by Gasteiger charge is -2.07. The molecule has 3 aromatic carbocycles. The summed E-state index contributed by atoms with van der Waals surface area (Å²) in [6, 6.07) is 18.9. The van der Waals surface area contributed by atoms with Crippen LogP contribution in [0.4, 0.5) is 0 Å². The van der Waals surface area contributed by atoms with Crippen LogP contribution in [-0.2, 0) is 0 Å². The summed E-state index contributed by atoms with van der Waals surface area (Å²) in [5, 5.41) is 0.561. The molecule has 5 nitrogen and oxygen atoms in total. The van der Waals surface area contributed by atoms with E-state index in [0.717, 1.165) is 5.56 Å². The van der Waals surface area contributed by atoms with E-state index in [1.165, 1.54) is 0 Å². The van der Waals surface area contributed by atoms with E-state index >= 15 is 0 Å². The van der Waals surface area contributed by atoms with Gasteiger partial charge >= 0.3 is 0 Å². The quantitative estimate of drug-likeness (QED) is 0.357.